The molecular weight excluding hydrogens is 310 g/mol. The van der Waals surface area contributed by atoms with E-state index in [0.29, 0.717) is 25.4 Å². The van der Waals surface area contributed by atoms with Crippen LogP contribution in [0.2, 0.25) is 0 Å². The van der Waals surface area contributed by atoms with E-state index >= 15 is 0 Å². The first kappa shape index (κ1) is 19.2. The van der Waals surface area contributed by atoms with Gasteiger partial charge in [0.25, 0.3) is 0 Å². The van der Waals surface area contributed by atoms with Gasteiger partial charge in [0.1, 0.15) is 0 Å². The molecule has 0 aliphatic rings. The van der Waals surface area contributed by atoms with Crippen LogP contribution in [0.1, 0.15) is 48.8 Å². The SMILES string of the molecule is CCN(Cc1ccccc1C)C(=O)Cc1c(C)nn(CC(C)C)c1C. The van der Waals surface area contributed by atoms with E-state index in [1.165, 1.54) is 11.1 Å². The van der Waals surface area contributed by atoms with E-state index in [1.54, 1.807) is 0 Å². The van der Waals surface area contributed by atoms with Gasteiger partial charge in [-0.3, -0.25) is 9.48 Å². The van der Waals surface area contributed by atoms with Crippen LogP contribution in [-0.2, 0) is 24.3 Å². The van der Waals surface area contributed by atoms with Crippen LogP contribution in [0.5, 0.6) is 0 Å². The van der Waals surface area contributed by atoms with Gasteiger partial charge in [-0.25, -0.2) is 0 Å². The predicted molar refractivity (Wildman–Crippen MR) is 103 cm³/mol. The lowest BCUT2D eigenvalue weighted by Crippen LogP contribution is -2.32. The average molecular weight is 341 g/mol. The summed E-state index contributed by atoms with van der Waals surface area (Å²) in [6.45, 7) is 14.8. The highest BCUT2D eigenvalue weighted by Crippen LogP contribution is 2.18. The van der Waals surface area contributed by atoms with Gasteiger partial charge in [-0.1, -0.05) is 38.1 Å². The van der Waals surface area contributed by atoms with Crippen molar-refractivity contribution in [3.63, 3.8) is 0 Å². The Hall–Kier alpha value is -2.10. The fourth-order valence-electron chi connectivity index (χ4n) is 3.15. The second kappa shape index (κ2) is 8.32. The van der Waals surface area contributed by atoms with Gasteiger partial charge in [0.15, 0.2) is 0 Å². The molecule has 0 saturated carbocycles. The van der Waals surface area contributed by atoms with Crippen molar-refractivity contribution in [2.75, 3.05) is 6.54 Å². The number of rotatable bonds is 7. The fourth-order valence-corrected chi connectivity index (χ4v) is 3.15. The van der Waals surface area contributed by atoms with Crippen molar-refractivity contribution in [1.29, 1.82) is 0 Å². The minimum atomic E-state index is 0.168. The van der Waals surface area contributed by atoms with Gasteiger partial charge in [-0.05, 0) is 44.7 Å². The summed E-state index contributed by atoms with van der Waals surface area (Å²) in [6.07, 6.45) is 0.426. The van der Waals surface area contributed by atoms with Crippen LogP contribution in [-0.4, -0.2) is 27.1 Å². The van der Waals surface area contributed by atoms with Gasteiger partial charge in [-0.15, -0.1) is 0 Å². The lowest BCUT2D eigenvalue weighted by Gasteiger charge is -2.22. The molecule has 4 heteroatoms. The number of nitrogens with zero attached hydrogens (tertiary/aromatic N) is 3. The van der Waals surface area contributed by atoms with Crippen LogP contribution in [0, 0.1) is 26.7 Å². The molecular formula is C21H31N3O. The van der Waals surface area contributed by atoms with Crippen LogP contribution in [0.3, 0.4) is 0 Å². The van der Waals surface area contributed by atoms with Gasteiger partial charge in [0.2, 0.25) is 5.91 Å². The molecule has 1 heterocycles. The minimum absolute atomic E-state index is 0.168. The zero-order valence-corrected chi connectivity index (χ0v) is 16.5. The number of aryl methyl sites for hydroxylation is 2. The Balaban J connectivity index is 2.14. The number of hydrogen-bond acceptors (Lipinski definition) is 2. The molecule has 0 N–H and O–H groups in total. The van der Waals surface area contributed by atoms with Gasteiger partial charge in [0.05, 0.1) is 12.1 Å². The molecule has 0 aliphatic heterocycles. The standard InChI is InChI=1S/C21H31N3O/c1-7-23(14-19-11-9-8-10-16(19)4)21(25)12-20-17(5)22-24(18(20)6)13-15(2)3/h8-11,15H,7,12-14H2,1-6H3. The second-order valence-corrected chi connectivity index (χ2v) is 7.24. The molecule has 2 aromatic rings. The van der Waals surface area contributed by atoms with E-state index < -0.39 is 0 Å². The summed E-state index contributed by atoms with van der Waals surface area (Å²) in [6, 6.07) is 8.26. The maximum Gasteiger partial charge on any atom is 0.227 e. The monoisotopic (exact) mass is 341 g/mol. The highest BCUT2D eigenvalue weighted by Gasteiger charge is 2.19. The first-order valence-corrected chi connectivity index (χ1v) is 9.18. The molecule has 2 rings (SSSR count). The van der Waals surface area contributed by atoms with Gasteiger partial charge < -0.3 is 4.90 Å². The van der Waals surface area contributed by atoms with Crippen LogP contribution >= 0.6 is 0 Å². The predicted octanol–water partition coefficient (Wildman–Crippen LogP) is 4.06. The van der Waals surface area contributed by atoms with E-state index in [-0.39, 0.29) is 5.91 Å². The van der Waals surface area contributed by atoms with Crippen molar-refractivity contribution in [3.8, 4) is 0 Å². The van der Waals surface area contributed by atoms with Crippen LogP contribution in [0.25, 0.3) is 0 Å². The number of carbonyl (C=O) groups excluding carboxylic acids is 1. The number of amides is 1. The average Bonchev–Trinajstić information content (AvgIpc) is 2.81. The summed E-state index contributed by atoms with van der Waals surface area (Å²) < 4.78 is 2.04. The Bertz CT molecular complexity index is 731. The topological polar surface area (TPSA) is 38.1 Å². The van der Waals surface area contributed by atoms with Gasteiger partial charge in [0, 0.05) is 30.9 Å². The summed E-state index contributed by atoms with van der Waals surface area (Å²) in [5.74, 6) is 0.704. The molecule has 25 heavy (non-hydrogen) atoms. The van der Waals surface area contributed by atoms with Crippen molar-refractivity contribution in [2.45, 2.75) is 61.1 Å². The molecule has 1 aromatic heterocycles. The largest absolute Gasteiger partial charge is 0.338 e. The molecule has 1 amide bonds. The minimum Gasteiger partial charge on any atom is -0.338 e. The maximum absolute atomic E-state index is 12.9. The summed E-state index contributed by atoms with van der Waals surface area (Å²) in [5.41, 5.74) is 5.60. The zero-order valence-electron chi connectivity index (χ0n) is 16.5. The lowest BCUT2D eigenvalue weighted by atomic mass is 10.1. The van der Waals surface area contributed by atoms with Crippen molar-refractivity contribution in [2.24, 2.45) is 5.92 Å². The summed E-state index contributed by atoms with van der Waals surface area (Å²) in [7, 11) is 0. The number of carbonyl (C=O) groups is 1. The summed E-state index contributed by atoms with van der Waals surface area (Å²) in [5, 5.41) is 4.63. The molecule has 0 atom stereocenters. The third kappa shape index (κ3) is 4.71. The van der Waals surface area contributed by atoms with E-state index in [0.717, 1.165) is 23.5 Å². The first-order valence-electron chi connectivity index (χ1n) is 9.18. The summed E-state index contributed by atoms with van der Waals surface area (Å²) >= 11 is 0. The second-order valence-electron chi connectivity index (χ2n) is 7.24. The van der Waals surface area contributed by atoms with Crippen LogP contribution < -0.4 is 0 Å². The summed E-state index contributed by atoms with van der Waals surface area (Å²) in [4.78, 5) is 14.8. The lowest BCUT2D eigenvalue weighted by molar-refractivity contribution is -0.130. The zero-order chi connectivity index (χ0) is 18.6. The number of benzene rings is 1. The molecule has 0 radical (unpaired) electrons. The van der Waals surface area contributed by atoms with Crippen molar-refractivity contribution in [1.82, 2.24) is 14.7 Å². The Kier molecular flexibility index (Phi) is 6.40. The molecule has 1 aromatic carbocycles. The van der Waals surface area contributed by atoms with Crippen molar-refractivity contribution < 1.29 is 4.79 Å². The molecule has 136 valence electrons. The highest BCUT2D eigenvalue weighted by molar-refractivity contribution is 5.79. The highest BCUT2D eigenvalue weighted by atomic mass is 16.2. The molecule has 0 bridgehead atoms. The maximum atomic E-state index is 12.9. The Labute approximate surface area is 151 Å². The smallest absolute Gasteiger partial charge is 0.227 e. The van der Waals surface area contributed by atoms with E-state index in [1.807, 2.05) is 35.6 Å². The Morgan fingerprint density at radius 2 is 1.88 bits per heavy atom. The van der Waals surface area contributed by atoms with Crippen LogP contribution in [0.15, 0.2) is 24.3 Å². The molecule has 0 aliphatic carbocycles. The quantitative estimate of drug-likeness (QED) is 0.762. The molecule has 0 unspecified atom stereocenters. The molecule has 0 fully saturated rings. The Morgan fingerprint density at radius 1 is 1.20 bits per heavy atom. The number of hydrogen-bond donors (Lipinski definition) is 0. The van der Waals surface area contributed by atoms with Gasteiger partial charge in [-0.2, -0.15) is 5.10 Å². The van der Waals surface area contributed by atoms with E-state index in [4.69, 9.17) is 0 Å². The molecule has 0 saturated heterocycles. The van der Waals surface area contributed by atoms with Crippen molar-refractivity contribution in [3.05, 3.63) is 52.3 Å². The number of aromatic nitrogens is 2. The normalized spacial score (nSPS) is 11.2. The third-order valence-corrected chi connectivity index (χ3v) is 4.75. The molecule has 0 spiro atoms. The first-order chi connectivity index (χ1) is 11.8. The Morgan fingerprint density at radius 3 is 2.48 bits per heavy atom. The van der Waals surface area contributed by atoms with E-state index in [9.17, 15) is 4.79 Å². The molecule has 4 nitrogen and oxygen atoms in total. The van der Waals surface area contributed by atoms with Gasteiger partial charge >= 0.3 is 0 Å². The van der Waals surface area contributed by atoms with E-state index in [2.05, 4.69) is 44.9 Å². The van der Waals surface area contributed by atoms with Crippen LogP contribution in [0.4, 0.5) is 0 Å². The number of likely N-dealkylation sites (N-methyl/N-ethyl adjacent to an activating group) is 1. The fraction of sp³-hybridized carbons (Fsp3) is 0.524. The third-order valence-electron chi connectivity index (χ3n) is 4.75. The van der Waals surface area contributed by atoms with Crippen molar-refractivity contribution >= 4 is 5.91 Å².